The van der Waals surface area contributed by atoms with Crippen LogP contribution in [-0.4, -0.2) is 19.9 Å². The Bertz CT molecular complexity index is 620. The van der Waals surface area contributed by atoms with Gasteiger partial charge in [-0.2, -0.15) is 5.10 Å². The van der Waals surface area contributed by atoms with E-state index in [4.69, 9.17) is 0 Å². The van der Waals surface area contributed by atoms with E-state index in [2.05, 4.69) is 10.1 Å². The molecule has 1 aromatic heterocycles. The van der Waals surface area contributed by atoms with Crippen LogP contribution in [0.3, 0.4) is 0 Å². The second kappa shape index (κ2) is 5.71. The highest BCUT2D eigenvalue weighted by Crippen LogP contribution is 2.25. The molecule has 0 saturated carbocycles. The van der Waals surface area contributed by atoms with E-state index in [1.54, 1.807) is 24.6 Å². The minimum Gasteiger partial charge on any atom is -0.389 e. The molecule has 0 bridgehead atoms. The smallest absolute Gasteiger partial charge is 0.151 e. The minimum absolute atomic E-state index is 0.321. The molecule has 1 atom stereocenters. The molecular weight excluding hydrogens is 257 g/mol. The Balaban J connectivity index is 2.67. The van der Waals surface area contributed by atoms with Gasteiger partial charge >= 0.3 is 0 Å². The van der Waals surface area contributed by atoms with Gasteiger partial charge in [-0.3, -0.25) is 0 Å². The predicted molar refractivity (Wildman–Crippen MR) is 75.4 cm³/mol. The molecule has 108 valence electrons. The maximum Gasteiger partial charge on any atom is 0.151 e. The number of aliphatic hydroxyl groups excluding tert-OH is 1. The summed E-state index contributed by atoms with van der Waals surface area (Å²) in [4.78, 5) is 4.45. The van der Waals surface area contributed by atoms with Gasteiger partial charge in [0.2, 0.25) is 0 Å². The van der Waals surface area contributed by atoms with Crippen molar-refractivity contribution in [1.29, 1.82) is 0 Å². The van der Waals surface area contributed by atoms with Crippen LogP contribution in [-0.2, 0) is 12.8 Å². The number of hydrogen-bond donors (Lipinski definition) is 1. The van der Waals surface area contributed by atoms with Crippen LogP contribution in [0.1, 0.15) is 49.7 Å². The van der Waals surface area contributed by atoms with E-state index in [1.165, 1.54) is 6.07 Å². The summed E-state index contributed by atoms with van der Waals surface area (Å²) in [6, 6.07) is 3.09. The van der Waals surface area contributed by atoms with E-state index < -0.39 is 6.10 Å². The molecule has 1 heterocycles. The van der Waals surface area contributed by atoms with Gasteiger partial charge in [-0.05, 0) is 31.5 Å². The third kappa shape index (κ3) is 2.58. The molecule has 0 radical (unpaired) electrons. The van der Waals surface area contributed by atoms with Gasteiger partial charge in [0, 0.05) is 18.4 Å². The lowest BCUT2D eigenvalue weighted by atomic mass is 10.0. The summed E-state index contributed by atoms with van der Waals surface area (Å²) in [6.07, 6.45) is 0.700. The van der Waals surface area contributed by atoms with Crippen molar-refractivity contribution >= 4 is 0 Å². The monoisotopic (exact) mass is 277 g/mol. The maximum absolute atomic E-state index is 13.7. The van der Waals surface area contributed by atoms with Crippen molar-refractivity contribution in [2.45, 2.75) is 46.6 Å². The molecule has 1 N–H and O–H groups in total. The first-order valence-electron chi connectivity index (χ1n) is 6.91. The van der Waals surface area contributed by atoms with Crippen molar-refractivity contribution in [3.05, 3.63) is 40.7 Å². The molecule has 0 fully saturated rings. The van der Waals surface area contributed by atoms with Crippen molar-refractivity contribution < 1.29 is 9.50 Å². The van der Waals surface area contributed by atoms with Gasteiger partial charge in [-0.15, -0.1) is 0 Å². The third-order valence-corrected chi connectivity index (χ3v) is 3.34. The van der Waals surface area contributed by atoms with Crippen LogP contribution in [0.5, 0.6) is 0 Å². The summed E-state index contributed by atoms with van der Waals surface area (Å²) in [5, 5.41) is 14.3. The van der Waals surface area contributed by atoms with Crippen LogP contribution in [0.15, 0.2) is 12.1 Å². The van der Waals surface area contributed by atoms with E-state index >= 15 is 0 Å². The van der Waals surface area contributed by atoms with Crippen molar-refractivity contribution in [3.63, 3.8) is 0 Å². The van der Waals surface area contributed by atoms with E-state index in [1.807, 2.05) is 13.8 Å². The highest BCUT2D eigenvalue weighted by molar-refractivity contribution is 5.45. The van der Waals surface area contributed by atoms with Crippen LogP contribution in [0.25, 0.3) is 5.69 Å². The first kappa shape index (κ1) is 14.7. The Morgan fingerprint density at radius 1 is 1.30 bits per heavy atom. The van der Waals surface area contributed by atoms with Gasteiger partial charge in [0.15, 0.2) is 5.82 Å². The van der Waals surface area contributed by atoms with Crippen molar-refractivity contribution in [1.82, 2.24) is 14.8 Å². The molecule has 2 rings (SSSR count). The minimum atomic E-state index is -0.765. The molecular formula is C15H20FN3O. The van der Waals surface area contributed by atoms with Gasteiger partial charge in [-0.1, -0.05) is 13.8 Å². The number of benzene rings is 1. The van der Waals surface area contributed by atoms with Crippen LogP contribution < -0.4 is 0 Å². The number of hydrogen-bond acceptors (Lipinski definition) is 3. The lowest BCUT2D eigenvalue weighted by Gasteiger charge is -2.15. The van der Waals surface area contributed by atoms with Crippen molar-refractivity contribution in [2.24, 2.45) is 0 Å². The van der Waals surface area contributed by atoms with Crippen LogP contribution in [0, 0.1) is 12.7 Å². The summed E-state index contributed by atoms with van der Waals surface area (Å²) >= 11 is 0. The van der Waals surface area contributed by atoms with E-state index in [0.717, 1.165) is 24.5 Å². The molecule has 20 heavy (non-hydrogen) atoms. The highest BCUT2D eigenvalue weighted by Gasteiger charge is 2.17. The molecule has 0 spiro atoms. The molecule has 0 amide bonds. The van der Waals surface area contributed by atoms with Crippen LogP contribution >= 0.6 is 0 Å². The zero-order chi connectivity index (χ0) is 14.9. The Labute approximate surface area is 118 Å². The molecule has 4 nitrogen and oxygen atoms in total. The second-order valence-corrected chi connectivity index (χ2v) is 4.90. The fourth-order valence-electron chi connectivity index (χ4n) is 2.16. The number of aromatic nitrogens is 3. The van der Waals surface area contributed by atoms with Gasteiger partial charge in [0.1, 0.15) is 11.6 Å². The average molecular weight is 277 g/mol. The SMILES string of the molecule is CCc1nc(CC)n(-c2cc(C)c(F)cc2[C@H](C)O)n1. The molecule has 2 aromatic rings. The Kier molecular flexibility index (Phi) is 4.18. The quantitative estimate of drug-likeness (QED) is 0.935. The number of nitrogens with zero attached hydrogens (tertiary/aromatic N) is 3. The lowest BCUT2D eigenvalue weighted by molar-refractivity contribution is 0.198. The zero-order valence-corrected chi connectivity index (χ0v) is 12.3. The summed E-state index contributed by atoms with van der Waals surface area (Å²) in [5.41, 5.74) is 1.75. The highest BCUT2D eigenvalue weighted by atomic mass is 19.1. The van der Waals surface area contributed by atoms with E-state index in [0.29, 0.717) is 16.8 Å². The van der Waals surface area contributed by atoms with Gasteiger partial charge in [0.25, 0.3) is 0 Å². The Morgan fingerprint density at radius 3 is 2.55 bits per heavy atom. The standard InChI is InChI=1S/C15H20FN3O/c1-5-14-17-15(6-2)19(18-14)13-7-9(3)12(16)8-11(13)10(4)20/h7-8,10,20H,5-6H2,1-4H3/t10-/m0/s1. The molecule has 1 aromatic carbocycles. The summed E-state index contributed by atoms with van der Waals surface area (Å²) in [6.45, 7) is 7.31. The number of rotatable bonds is 4. The van der Waals surface area contributed by atoms with Gasteiger partial charge in [-0.25, -0.2) is 14.1 Å². The zero-order valence-electron chi connectivity index (χ0n) is 12.3. The molecule has 5 heteroatoms. The summed E-state index contributed by atoms with van der Waals surface area (Å²) < 4.78 is 15.4. The number of halogens is 1. The molecule has 0 saturated heterocycles. The number of aryl methyl sites for hydroxylation is 3. The summed E-state index contributed by atoms with van der Waals surface area (Å²) in [7, 11) is 0. The molecule has 0 aliphatic carbocycles. The first-order chi connectivity index (χ1) is 9.47. The average Bonchev–Trinajstić information content (AvgIpc) is 2.84. The topological polar surface area (TPSA) is 50.9 Å². The molecule has 0 aliphatic rings. The Morgan fingerprint density at radius 2 is 2.00 bits per heavy atom. The molecule has 0 unspecified atom stereocenters. The van der Waals surface area contributed by atoms with Crippen LogP contribution in [0.4, 0.5) is 4.39 Å². The second-order valence-electron chi connectivity index (χ2n) is 4.90. The third-order valence-electron chi connectivity index (χ3n) is 3.34. The lowest BCUT2D eigenvalue weighted by Crippen LogP contribution is -2.09. The van der Waals surface area contributed by atoms with E-state index in [9.17, 15) is 9.50 Å². The Hall–Kier alpha value is -1.75. The van der Waals surface area contributed by atoms with Gasteiger partial charge in [0.05, 0.1) is 11.8 Å². The molecule has 0 aliphatic heterocycles. The fourth-order valence-corrected chi connectivity index (χ4v) is 2.16. The normalized spacial score (nSPS) is 12.7. The summed E-state index contributed by atoms with van der Waals surface area (Å²) in [5.74, 6) is 1.24. The van der Waals surface area contributed by atoms with E-state index in [-0.39, 0.29) is 5.82 Å². The maximum atomic E-state index is 13.7. The fraction of sp³-hybridized carbons (Fsp3) is 0.467. The largest absolute Gasteiger partial charge is 0.389 e. The first-order valence-corrected chi connectivity index (χ1v) is 6.91. The predicted octanol–water partition coefficient (Wildman–Crippen LogP) is 2.89. The van der Waals surface area contributed by atoms with Crippen LogP contribution in [0.2, 0.25) is 0 Å². The van der Waals surface area contributed by atoms with Gasteiger partial charge < -0.3 is 5.11 Å². The number of aliphatic hydroxyl groups is 1. The van der Waals surface area contributed by atoms with Crippen molar-refractivity contribution in [2.75, 3.05) is 0 Å². The van der Waals surface area contributed by atoms with Crippen molar-refractivity contribution in [3.8, 4) is 5.69 Å².